The molecule has 0 saturated heterocycles. The third kappa shape index (κ3) is 3.06. The van der Waals surface area contributed by atoms with Gasteiger partial charge in [0.2, 0.25) is 0 Å². The summed E-state index contributed by atoms with van der Waals surface area (Å²) in [6, 6.07) is 12.6. The Morgan fingerprint density at radius 3 is 2.30 bits per heavy atom. The fraction of sp³-hybridized carbons (Fsp3) is 0.133. The van der Waals surface area contributed by atoms with Crippen molar-refractivity contribution in [1.82, 2.24) is 0 Å². The largest absolute Gasteiger partial charge is 0.481 e. The first-order chi connectivity index (χ1) is 9.50. The second-order valence-corrected chi connectivity index (χ2v) is 5.14. The van der Waals surface area contributed by atoms with Gasteiger partial charge in [0.25, 0.3) is 0 Å². The number of carboxylic acid groups (broad SMARTS) is 1. The molecule has 0 saturated carbocycles. The van der Waals surface area contributed by atoms with Crippen LogP contribution in [0.15, 0.2) is 42.5 Å². The number of aliphatic carboxylic acids is 1. The van der Waals surface area contributed by atoms with Gasteiger partial charge in [-0.3, -0.25) is 4.79 Å². The van der Waals surface area contributed by atoms with Crippen molar-refractivity contribution in [3.63, 3.8) is 0 Å². The molecule has 2 aromatic rings. The second kappa shape index (κ2) is 6.16. The standard InChI is InChI=1S/C15H13Cl2NO2/c1-18(15-11(16)6-4-7-12(15)17)13-8-3-2-5-10(13)9-14(19)20/h2-8H,9H2,1H3,(H,19,20). The lowest BCUT2D eigenvalue weighted by Crippen LogP contribution is -2.14. The van der Waals surface area contributed by atoms with E-state index in [9.17, 15) is 4.79 Å². The zero-order chi connectivity index (χ0) is 14.7. The maximum Gasteiger partial charge on any atom is 0.307 e. The van der Waals surface area contributed by atoms with Crippen molar-refractivity contribution in [2.45, 2.75) is 6.42 Å². The minimum atomic E-state index is -0.879. The van der Waals surface area contributed by atoms with Crippen LogP contribution >= 0.6 is 23.2 Å². The van der Waals surface area contributed by atoms with Crippen LogP contribution in [0.5, 0.6) is 0 Å². The van der Waals surface area contributed by atoms with Crippen LogP contribution in [0.4, 0.5) is 11.4 Å². The van der Waals surface area contributed by atoms with Gasteiger partial charge in [-0.05, 0) is 23.8 Å². The zero-order valence-corrected chi connectivity index (χ0v) is 12.3. The Balaban J connectivity index is 2.48. The SMILES string of the molecule is CN(c1ccccc1CC(=O)O)c1c(Cl)cccc1Cl. The number of carboxylic acids is 1. The summed E-state index contributed by atoms with van der Waals surface area (Å²) in [6.45, 7) is 0. The summed E-state index contributed by atoms with van der Waals surface area (Å²) in [5.41, 5.74) is 2.14. The molecule has 0 aliphatic heterocycles. The molecule has 3 nitrogen and oxygen atoms in total. The minimum Gasteiger partial charge on any atom is -0.481 e. The predicted molar refractivity (Wildman–Crippen MR) is 82.3 cm³/mol. The van der Waals surface area contributed by atoms with Gasteiger partial charge in [-0.15, -0.1) is 0 Å². The lowest BCUT2D eigenvalue weighted by molar-refractivity contribution is -0.136. The van der Waals surface area contributed by atoms with Crippen LogP contribution in [0.2, 0.25) is 10.0 Å². The van der Waals surface area contributed by atoms with Gasteiger partial charge >= 0.3 is 5.97 Å². The number of para-hydroxylation sites is 2. The molecular weight excluding hydrogens is 297 g/mol. The van der Waals surface area contributed by atoms with Crippen LogP contribution in [0, 0.1) is 0 Å². The first kappa shape index (κ1) is 14.7. The molecule has 0 aromatic heterocycles. The van der Waals surface area contributed by atoms with Gasteiger partial charge in [-0.25, -0.2) is 0 Å². The van der Waals surface area contributed by atoms with Crippen molar-refractivity contribution in [2.24, 2.45) is 0 Å². The van der Waals surface area contributed by atoms with Crippen LogP contribution in [0.25, 0.3) is 0 Å². The van der Waals surface area contributed by atoms with E-state index in [4.69, 9.17) is 28.3 Å². The molecule has 0 amide bonds. The molecule has 5 heteroatoms. The van der Waals surface area contributed by atoms with Crippen LogP contribution in [-0.4, -0.2) is 18.1 Å². The first-order valence-electron chi connectivity index (χ1n) is 5.98. The van der Waals surface area contributed by atoms with E-state index in [0.717, 1.165) is 5.69 Å². The first-order valence-corrected chi connectivity index (χ1v) is 6.73. The Bertz CT molecular complexity index is 623. The Labute approximate surface area is 127 Å². The molecule has 0 spiro atoms. The number of benzene rings is 2. The summed E-state index contributed by atoms with van der Waals surface area (Å²) < 4.78 is 0. The molecule has 0 unspecified atom stereocenters. The molecule has 0 aliphatic rings. The molecule has 0 atom stereocenters. The van der Waals surface area contributed by atoms with E-state index < -0.39 is 5.97 Å². The second-order valence-electron chi connectivity index (χ2n) is 4.33. The quantitative estimate of drug-likeness (QED) is 0.910. The summed E-state index contributed by atoms with van der Waals surface area (Å²) in [5, 5.41) is 10.0. The highest BCUT2D eigenvalue weighted by Crippen LogP contribution is 2.37. The maximum absolute atomic E-state index is 10.9. The van der Waals surface area contributed by atoms with Crippen molar-refractivity contribution >= 4 is 40.5 Å². The summed E-state index contributed by atoms with van der Waals surface area (Å²) in [5.74, 6) is -0.879. The summed E-state index contributed by atoms with van der Waals surface area (Å²) in [6.07, 6.45) is -0.0530. The van der Waals surface area contributed by atoms with Gasteiger partial charge in [-0.2, -0.15) is 0 Å². The number of rotatable bonds is 4. The van der Waals surface area contributed by atoms with Gasteiger partial charge < -0.3 is 10.0 Å². The fourth-order valence-corrected chi connectivity index (χ4v) is 2.73. The Morgan fingerprint density at radius 2 is 1.70 bits per heavy atom. The van der Waals surface area contributed by atoms with Gasteiger partial charge in [0.05, 0.1) is 22.2 Å². The van der Waals surface area contributed by atoms with E-state index in [2.05, 4.69) is 0 Å². The third-order valence-electron chi connectivity index (χ3n) is 2.97. The van der Waals surface area contributed by atoms with E-state index in [1.54, 1.807) is 24.3 Å². The molecule has 2 aromatic carbocycles. The predicted octanol–water partition coefficient (Wildman–Crippen LogP) is 4.39. The number of hydrogen-bond donors (Lipinski definition) is 1. The van der Waals surface area contributed by atoms with Gasteiger partial charge in [0.15, 0.2) is 0 Å². The molecule has 0 bridgehead atoms. The van der Waals surface area contributed by atoms with Crippen molar-refractivity contribution < 1.29 is 9.90 Å². The summed E-state index contributed by atoms with van der Waals surface area (Å²) in [7, 11) is 1.81. The zero-order valence-electron chi connectivity index (χ0n) is 10.8. The highest BCUT2D eigenvalue weighted by Gasteiger charge is 2.16. The molecule has 0 radical (unpaired) electrons. The molecule has 1 N–H and O–H groups in total. The number of hydrogen-bond acceptors (Lipinski definition) is 2. The highest BCUT2D eigenvalue weighted by atomic mass is 35.5. The van der Waals surface area contributed by atoms with Crippen LogP contribution < -0.4 is 4.90 Å². The van der Waals surface area contributed by atoms with Crippen LogP contribution in [0.3, 0.4) is 0 Å². The lowest BCUT2D eigenvalue weighted by atomic mass is 10.1. The van der Waals surface area contributed by atoms with Crippen LogP contribution in [0.1, 0.15) is 5.56 Å². The molecule has 2 rings (SSSR count). The van der Waals surface area contributed by atoms with Gasteiger partial charge in [0.1, 0.15) is 0 Å². The van der Waals surface area contributed by atoms with Crippen molar-refractivity contribution in [3.05, 3.63) is 58.1 Å². The Morgan fingerprint density at radius 1 is 1.10 bits per heavy atom. The van der Waals surface area contributed by atoms with Crippen LogP contribution in [-0.2, 0) is 11.2 Å². The summed E-state index contributed by atoms with van der Waals surface area (Å²) in [4.78, 5) is 12.8. The molecule has 0 fully saturated rings. The molecule has 0 aliphatic carbocycles. The molecular formula is C15H13Cl2NO2. The van der Waals surface area contributed by atoms with Gasteiger partial charge in [0, 0.05) is 12.7 Å². The molecule has 20 heavy (non-hydrogen) atoms. The average Bonchev–Trinajstić information content (AvgIpc) is 2.38. The van der Waals surface area contributed by atoms with Crippen molar-refractivity contribution in [3.8, 4) is 0 Å². The maximum atomic E-state index is 10.9. The number of carbonyl (C=O) groups is 1. The topological polar surface area (TPSA) is 40.5 Å². The minimum absolute atomic E-state index is 0.0530. The van der Waals surface area contributed by atoms with E-state index in [0.29, 0.717) is 21.3 Å². The molecule has 0 heterocycles. The lowest BCUT2D eigenvalue weighted by Gasteiger charge is -2.24. The van der Waals surface area contributed by atoms with E-state index in [-0.39, 0.29) is 6.42 Å². The Kier molecular flexibility index (Phi) is 4.53. The number of anilines is 2. The number of halogens is 2. The monoisotopic (exact) mass is 309 g/mol. The fourth-order valence-electron chi connectivity index (χ4n) is 2.08. The van der Waals surface area contributed by atoms with Gasteiger partial charge in [-0.1, -0.05) is 47.5 Å². The smallest absolute Gasteiger partial charge is 0.307 e. The molecule has 104 valence electrons. The number of nitrogens with zero attached hydrogens (tertiary/aromatic N) is 1. The van der Waals surface area contributed by atoms with E-state index in [1.807, 2.05) is 30.1 Å². The average molecular weight is 310 g/mol. The van der Waals surface area contributed by atoms with Crippen molar-refractivity contribution in [1.29, 1.82) is 0 Å². The summed E-state index contributed by atoms with van der Waals surface area (Å²) >= 11 is 12.4. The van der Waals surface area contributed by atoms with Crippen molar-refractivity contribution in [2.75, 3.05) is 11.9 Å². The normalized spacial score (nSPS) is 10.3. The van der Waals surface area contributed by atoms with E-state index >= 15 is 0 Å². The highest BCUT2D eigenvalue weighted by molar-refractivity contribution is 6.39. The Hall–Kier alpha value is -1.71. The third-order valence-corrected chi connectivity index (χ3v) is 3.58. The van der Waals surface area contributed by atoms with E-state index in [1.165, 1.54) is 0 Å².